The van der Waals surface area contributed by atoms with Gasteiger partial charge in [0.2, 0.25) is 0 Å². The zero-order chi connectivity index (χ0) is 13.5. The van der Waals surface area contributed by atoms with Crippen molar-refractivity contribution in [3.63, 3.8) is 0 Å². The van der Waals surface area contributed by atoms with Gasteiger partial charge in [-0.3, -0.25) is 0 Å². The summed E-state index contributed by atoms with van der Waals surface area (Å²) >= 11 is 0. The van der Waals surface area contributed by atoms with E-state index >= 15 is 0 Å². The standard InChI is InChI=1S/C12H11FO5/c1-2-11(15)17-5-6-18-12(16)8-3-4-10(14)9(13)7-8/h2-4,7,14H,1,5-6H2. The van der Waals surface area contributed by atoms with Gasteiger partial charge in [-0.1, -0.05) is 6.58 Å². The highest BCUT2D eigenvalue weighted by Gasteiger charge is 2.10. The topological polar surface area (TPSA) is 72.8 Å². The quantitative estimate of drug-likeness (QED) is 0.488. The molecule has 0 amide bonds. The summed E-state index contributed by atoms with van der Waals surface area (Å²) in [6.07, 6.45) is 0.983. The Morgan fingerprint density at radius 2 is 2.00 bits per heavy atom. The average Bonchev–Trinajstić information content (AvgIpc) is 2.37. The fourth-order valence-electron chi connectivity index (χ4n) is 1.05. The molecule has 1 aromatic carbocycles. The number of benzene rings is 1. The van der Waals surface area contributed by atoms with Gasteiger partial charge in [-0.2, -0.15) is 0 Å². The van der Waals surface area contributed by atoms with Crippen molar-refractivity contribution in [3.8, 4) is 5.75 Å². The van der Waals surface area contributed by atoms with Gasteiger partial charge in [0, 0.05) is 6.08 Å². The van der Waals surface area contributed by atoms with Crippen molar-refractivity contribution in [1.82, 2.24) is 0 Å². The molecule has 0 saturated carbocycles. The minimum Gasteiger partial charge on any atom is -0.505 e. The lowest BCUT2D eigenvalue weighted by Gasteiger charge is -2.05. The van der Waals surface area contributed by atoms with Gasteiger partial charge in [-0.15, -0.1) is 0 Å². The van der Waals surface area contributed by atoms with Crippen LogP contribution in [0, 0.1) is 5.82 Å². The van der Waals surface area contributed by atoms with E-state index in [1.165, 1.54) is 6.07 Å². The Bertz CT molecular complexity index is 470. The lowest BCUT2D eigenvalue weighted by Crippen LogP contribution is -2.13. The summed E-state index contributed by atoms with van der Waals surface area (Å²) in [5.41, 5.74) is -0.0413. The molecule has 18 heavy (non-hydrogen) atoms. The molecule has 0 heterocycles. The zero-order valence-corrected chi connectivity index (χ0v) is 9.39. The molecule has 0 aromatic heterocycles. The van der Waals surface area contributed by atoms with E-state index in [0.29, 0.717) is 0 Å². The molecule has 1 N–H and O–H groups in total. The Labute approximate surface area is 102 Å². The number of ether oxygens (including phenoxy) is 2. The Kier molecular flexibility index (Phi) is 4.86. The molecule has 0 fully saturated rings. The van der Waals surface area contributed by atoms with Gasteiger partial charge in [0.25, 0.3) is 0 Å². The number of aromatic hydroxyl groups is 1. The van der Waals surface area contributed by atoms with Crippen LogP contribution < -0.4 is 0 Å². The van der Waals surface area contributed by atoms with Crippen LogP contribution in [0.2, 0.25) is 0 Å². The maximum Gasteiger partial charge on any atom is 0.338 e. The summed E-state index contributed by atoms with van der Waals surface area (Å²) in [6.45, 7) is 2.93. The van der Waals surface area contributed by atoms with Crippen LogP contribution in [-0.2, 0) is 14.3 Å². The van der Waals surface area contributed by atoms with E-state index in [-0.39, 0.29) is 18.8 Å². The molecule has 0 unspecified atom stereocenters. The van der Waals surface area contributed by atoms with Crippen molar-refractivity contribution in [2.45, 2.75) is 0 Å². The predicted octanol–water partition coefficient (Wildman–Crippen LogP) is 1.42. The van der Waals surface area contributed by atoms with Crippen LogP contribution in [0.25, 0.3) is 0 Å². The molecule has 0 radical (unpaired) electrons. The number of esters is 2. The van der Waals surface area contributed by atoms with E-state index in [2.05, 4.69) is 11.3 Å². The molecule has 0 spiro atoms. The number of phenolic OH excluding ortho intramolecular Hbond substituents is 1. The molecule has 1 aromatic rings. The molecule has 0 aliphatic rings. The molecule has 0 atom stereocenters. The molecule has 0 aliphatic carbocycles. The Hall–Kier alpha value is -2.37. The van der Waals surface area contributed by atoms with Crippen LogP contribution in [0.3, 0.4) is 0 Å². The monoisotopic (exact) mass is 254 g/mol. The zero-order valence-electron chi connectivity index (χ0n) is 9.39. The highest BCUT2D eigenvalue weighted by molar-refractivity contribution is 5.89. The summed E-state index contributed by atoms with van der Waals surface area (Å²) in [7, 11) is 0. The Morgan fingerprint density at radius 1 is 1.33 bits per heavy atom. The van der Waals surface area contributed by atoms with E-state index < -0.39 is 23.5 Å². The number of carbonyl (C=O) groups is 2. The summed E-state index contributed by atoms with van der Waals surface area (Å²) < 4.78 is 22.2. The summed E-state index contributed by atoms with van der Waals surface area (Å²) in [5.74, 6) is -2.86. The fourth-order valence-corrected chi connectivity index (χ4v) is 1.05. The SMILES string of the molecule is C=CC(=O)OCCOC(=O)c1ccc(O)c(F)c1. The van der Waals surface area contributed by atoms with Crippen molar-refractivity contribution in [2.75, 3.05) is 13.2 Å². The minimum atomic E-state index is -0.914. The van der Waals surface area contributed by atoms with Gasteiger partial charge in [0.05, 0.1) is 5.56 Å². The van der Waals surface area contributed by atoms with Gasteiger partial charge in [-0.05, 0) is 18.2 Å². The van der Waals surface area contributed by atoms with Gasteiger partial charge in [0.15, 0.2) is 11.6 Å². The first-order chi connectivity index (χ1) is 8.54. The lowest BCUT2D eigenvalue weighted by molar-refractivity contribution is -0.138. The largest absolute Gasteiger partial charge is 0.505 e. The number of carbonyl (C=O) groups excluding carboxylic acids is 2. The number of rotatable bonds is 5. The van der Waals surface area contributed by atoms with Gasteiger partial charge in [-0.25, -0.2) is 14.0 Å². The highest BCUT2D eigenvalue weighted by atomic mass is 19.1. The molecule has 96 valence electrons. The van der Waals surface area contributed by atoms with Crippen molar-refractivity contribution in [3.05, 3.63) is 42.2 Å². The normalized spacial score (nSPS) is 9.61. The van der Waals surface area contributed by atoms with E-state index in [1.807, 2.05) is 0 Å². The van der Waals surface area contributed by atoms with Crippen LogP contribution in [0.4, 0.5) is 4.39 Å². The number of phenols is 1. The Balaban J connectivity index is 2.43. The van der Waals surface area contributed by atoms with Crippen LogP contribution in [-0.4, -0.2) is 30.3 Å². The molecule has 0 aliphatic heterocycles. The van der Waals surface area contributed by atoms with Crippen molar-refractivity contribution >= 4 is 11.9 Å². The van der Waals surface area contributed by atoms with Crippen molar-refractivity contribution < 1.29 is 28.6 Å². The summed E-state index contributed by atoms with van der Waals surface area (Å²) in [5, 5.41) is 8.93. The van der Waals surface area contributed by atoms with Crippen molar-refractivity contribution in [2.24, 2.45) is 0 Å². The van der Waals surface area contributed by atoms with Gasteiger partial charge < -0.3 is 14.6 Å². The number of halogens is 1. The third-order valence-corrected chi connectivity index (χ3v) is 1.91. The van der Waals surface area contributed by atoms with Gasteiger partial charge in [0.1, 0.15) is 13.2 Å². The molecular weight excluding hydrogens is 243 g/mol. The van der Waals surface area contributed by atoms with Crippen LogP contribution in [0.15, 0.2) is 30.9 Å². The molecule has 6 heteroatoms. The van der Waals surface area contributed by atoms with E-state index in [0.717, 1.165) is 18.2 Å². The number of hydrogen-bond donors (Lipinski definition) is 1. The average molecular weight is 254 g/mol. The maximum atomic E-state index is 12.9. The lowest BCUT2D eigenvalue weighted by atomic mass is 10.2. The van der Waals surface area contributed by atoms with E-state index in [1.54, 1.807) is 0 Å². The molecular formula is C12H11FO5. The summed E-state index contributed by atoms with van der Waals surface area (Å²) in [6, 6.07) is 3.12. The first-order valence-corrected chi connectivity index (χ1v) is 4.99. The molecule has 0 saturated heterocycles. The van der Waals surface area contributed by atoms with E-state index in [4.69, 9.17) is 9.84 Å². The second-order valence-corrected chi connectivity index (χ2v) is 3.17. The molecule has 5 nitrogen and oxygen atoms in total. The van der Waals surface area contributed by atoms with Gasteiger partial charge >= 0.3 is 11.9 Å². The second kappa shape index (κ2) is 6.39. The van der Waals surface area contributed by atoms with Crippen LogP contribution in [0.5, 0.6) is 5.75 Å². The van der Waals surface area contributed by atoms with Crippen LogP contribution in [0.1, 0.15) is 10.4 Å². The smallest absolute Gasteiger partial charge is 0.338 e. The minimum absolute atomic E-state index is 0.0413. The third-order valence-electron chi connectivity index (χ3n) is 1.91. The first kappa shape index (κ1) is 13.7. The first-order valence-electron chi connectivity index (χ1n) is 4.99. The second-order valence-electron chi connectivity index (χ2n) is 3.17. The van der Waals surface area contributed by atoms with Crippen molar-refractivity contribution in [1.29, 1.82) is 0 Å². The third kappa shape index (κ3) is 3.89. The Morgan fingerprint density at radius 3 is 2.61 bits per heavy atom. The number of hydrogen-bond acceptors (Lipinski definition) is 5. The van der Waals surface area contributed by atoms with E-state index in [9.17, 15) is 14.0 Å². The maximum absolute atomic E-state index is 12.9. The molecule has 1 rings (SSSR count). The molecule has 0 bridgehead atoms. The highest BCUT2D eigenvalue weighted by Crippen LogP contribution is 2.16. The predicted molar refractivity (Wildman–Crippen MR) is 59.5 cm³/mol. The summed E-state index contributed by atoms with van der Waals surface area (Å²) in [4.78, 5) is 22.0. The van der Waals surface area contributed by atoms with Crippen LogP contribution >= 0.6 is 0 Å². The fraction of sp³-hybridized carbons (Fsp3) is 0.167.